The van der Waals surface area contributed by atoms with E-state index in [2.05, 4.69) is 38.7 Å². The van der Waals surface area contributed by atoms with Crippen LogP contribution in [0.2, 0.25) is 0 Å². The summed E-state index contributed by atoms with van der Waals surface area (Å²) in [5.74, 6) is -2.40. The molecule has 0 bridgehead atoms. The molecule has 0 spiro atoms. The van der Waals surface area contributed by atoms with Gasteiger partial charge in [0.25, 0.3) is 0 Å². The molecule has 2 amide bonds. The lowest BCUT2D eigenvalue weighted by molar-refractivity contribution is -0.136. The largest absolute Gasteiger partial charge is 0.462 e. The Hall–Kier alpha value is -3.83. The molecule has 1 unspecified atom stereocenters. The van der Waals surface area contributed by atoms with Gasteiger partial charge in [-0.05, 0) is 74.9 Å². The lowest BCUT2D eigenvalue weighted by Gasteiger charge is -2.18. The minimum absolute atomic E-state index is 0.195. The molecule has 2 N–H and O–H groups in total. The van der Waals surface area contributed by atoms with Gasteiger partial charge in [0.05, 0.1) is 23.9 Å². The lowest BCUT2D eigenvalue weighted by Crippen LogP contribution is -2.32. The molecule has 9 nitrogen and oxygen atoms in total. The lowest BCUT2D eigenvalue weighted by atomic mass is 9.88. The molecular weight excluding hydrogens is 598 g/mol. The first-order chi connectivity index (χ1) is 19.2. The van der Waals surface area contributed by atoms with Gasteiger partial charge in [0.2, 0.25) is 0 Å². The standard InChI is InChI=1S/C29H28BrN3O6S/c1-4-38-29(37)24-21-10-8-17(3)13-23(21)40-27(24)32-25(34)26(35)33-31-15-19-14-20(30)9-11-22(19)39-28(36)18-7-5-6-16(2)12-18/h5-7,9,11-12,14-15,17H,4,8,10,13H2,1-3H3,(H,32,34)(H,33,35)/b31-15+. The second-order valence-corrected chi connectivity index (χ2v) is 11.4. The van der Waals surface area contributed by atoms with Gasteiger partial charge in [-0.2, -0.15) is 5.10 Å². The summed E-state index contributed by atoms with van der Waals surface area (Å²) < 4.78 is 11.4. The number of aryl methyl sites for hydroxylation is 1. The number of hydrogen-bond donors (Lipinski definition) is 2. The average molecular weight is 627 g/mol. The maximum atomic E-state index is 12.7. The number of benzene rings is 2. The molecule has 1 aromatic heterocycles. The van der Waals surface area contributed by atoms with Gasteiger partial charge in [0.1, 0.15) is 10.8 Å². The van der Waals surface area contributed by atoms with E-state index in [1.54, 1.807) is 43.3 Å². The first-order valence-corrected chi connectivity index (χ1v) is 14.3. The van der Waals surface area contributed by atoms with E-state index < -0.39 is 23.8 Å². The molecule has 0 fully saturated rings. The summed E-state index contributed by atoms with van der Waals surface area (Å²) in [7, 11) is 0. The minimum atomic E-state index is -1.03. The molecule has 1 aliphatic carbocycles. The third-order valence-electron chi connectivity index (χ3n) is 6.22. The molecule has 0 aliphatic heterocycles. The van der Waals surface area contributed by atoms with Crippen LogP contribution in [0.15, 0.2) is 52.0 Å². The number of amides is 2. The first kappa shape index (κ1) is 29.2. The number of hydrogen-bond acceptors (Lipinski definition) is 8. The summed E-state index contributed by atoms with van der Waals surface area (Å²) >= 11 is 4.65. The van der Waals surface area contributed by atoms with Crippen molar-refractivity contribution in [2.75, 3.05) is 11.9 Å². The van der Waals surface area contributed by atoms with Crippen LogP contribution in [0.4, 0.5) is 5.00 Å². The zero-order chi connectivity index (χ0) is 28.8. The highest BCUT2D eigenvalue weighted by atomic mass is 79.9. The SMILES string of the molecule is CCOC(=O)c1c(NC(=O)C(=O)N/N=C/c2cc(Br)ccc2OC(=O)c2cccc(C)c2)sc2c1CCC(C)C2. The smallest absolute Gasteiger partial charge is 0.343 e. The number of thiophene rings is 1. The molecule has 4 rings (SSSR count). The Balaban J connectivity index is 1.45. The molecule has 1 atom stereocenters. The zero-order valence-corrected chi connectivity index (χ0v) is 24.6. The van der Waals surface area contributed by atoms with Crippen LogP contribution in [-0.4, -0.2) is 36.6 Å². The number of halogens is 1. The van der Waals surface area contributed by atoms with Crippen molar-refractivity contribution in [3.05, 3.63) is 79.6 Å². The van der Waals surface area contributed by atoms with Crippen LogP contribution in [0.25, 0.3) is 0 Å². The number of carbonyl (C=O) groups excluding carboxylic acids is 4. The van der Waals surface area contributed by atoms with Crippen molar-refractivity contribution in [1.82, 2.24) is 5.43 Å². The van der Waals surface area contributed by atoms with Gasteiger partial charge in [-0.25, -0.2) is 15.0 Å². The van der Waals surface area contributed by atoms with Crippen LogP contribution in [0, 0.1) is 12.8 Å². The van der Waals surface area contributed by atoms with Gasteiger partial charge in [-0.15, -0.1) is 11.3 Å². The molecular formula is C29H28BrN3O6S. The molecule has 0 radical (unpaired) electrons. The Labute approximate surface area is 244 Å². The molecule has 0 saturated heterocycles. The Bertz CT molecular complexity index is 1500. The third kappa shape index (κ3) is 7.02. The van der Waals surface area contributed by atoms with Crippen molar-refractivity contribution in [3.8, 4) is 5.75 Å². The average Bonchev–Trinajstić information content (AvgIpc) is 3.26. The molecule has 1 aliphatic rings. The summed E-state index contributed by atoms with van der Waals surface area (Å²) in [6.07, 6.45) is 3.69. The Morgan fingerprint density at radius 1 is 1.12 bits per heavy atom. The molecule has 1 heterocycles. The predicted octanol–water partition coefficient (Wildman–Crippen LogP) is 5.43. The van der Waals surface area contributed by atoms with Gasteiger partial charge in [0.15, 0.2) is 0 Å². The van der Waals surface area contributed by atoms with Crippen molar-refractivity contribution < 1.29 is 28.7 Å². The maximum Gasteiger partial charge on any atom is 0.343 e. The number of carbonyl (C=O) groups is 4. The monoisotopic (exact) mass is 625 g/mol. The molecule has 208 valence electrons. The number of nitrogens with zero attached hydrogens (tertiary/aromatic N) is 1. The van der Waals surface area contributed by atoms with Gasteiger partial charge >= 0.3 is 23.8 Å². The third-order valence-corrected chi connectivity index (χ3v) is 7.89. The highest BCUT2D eigenvalue weighted by Crippen LogP contribution is 2.40. The summed E-state index contributed by atoms with van der Waals surface area (Å²) in [6.45, 7) is 5.91. The van der Waals surface area contributed by atoms with Crippen molar-refractivity contribution in [2.45, 2.75) is 40.0 Å². The van der Waals surface area contributed by atoms with E-state index in [0.29, 0.717) is 38.5 Å². The van der Waals surface area contributed by atoms with E-state index in [1.165, 1.54) is 17.6 Å². The number of ether oxygens (including phenoxy) is 2. The summed E-state index contributed by atoms with van der Waals surface area (Å²) in [4.78, 5) is 51.5. The topological polar surface area (TPSA) is 123 Å². The molecule has 11 heteroatoms. The van der Waals surface area contributed by atoms with E-state index in [-0.39, 0.29) is 12.4 Å². The number of anilines is 1. The number of nitrogens with one attached hydrogen (secondary N) is 2. The first-order valence-electron chi connectivity index (χ1n) is 12.7. The minimum Gasteiger partial charge on any atom is -0.462 e. The van der Waals surface area contributed by atoms with Gasteiger partial charge in [-0.1, -0.05) is 40.5 Å². The fourth-order valence-electron chi connectivity index (χ4n) is 4.27. The number of esters is 2. The summed E-state index contributed by atoms with van der Waals surface area (Å²) in [5.41, 5.74) is 5.07. The predicted molar refractivity (Wildman–Crippen MR) is 156 cm³/mol. The number of hydrazone groups is 1. The second-order valence-electron chi connectivity index (χ2n) is 9.37. The van der Waals surface area contributed by atoms with E-state index >= 15 is 0 Å². The highest BCUT2D eigenvalue weighted by molar-refractivity contribution is 9.10. The van der Waals surface area contributed by atoms with Crippen LogP contribution in [0.3, 0.4) is 0 Å². The van der Waals surface area contributed by atoms with Crippen LogP contribution < -0.4 is 15.5 Å². The molecule has 40 heavy (non-hydrogen) atoms. The van der Waals surface area contributed by atoms with Crippen LogP contribution in [-0.2, 0) is 27.2 Å². The van der Waals surface area contributed by atoms with E-state index in [1.807, 2.05) is 13.0 Å². The van der Waals surface area contributed by atoms with Gasteiger partial charge < -0.3 is 14.8 Å². The maximum absolute atomic E-state index is 12.7. The summed E-state index contributed by atoms with van der Waals surface area (Å²) in [6, 6.07) is 11.9. The van der Waals surface area contributed by atoms with Crippen molar-refractivity contribution >= 4 is 62.2 Å². The van der Waals surface area contributed by atoms with E-state index in [9.17, 15) is 19.2 Å². The van der Waals surface area contributed by atoms with E-state index in [4.69, 9.17) is 9.47 Å². The molecule has 0 saturated carbocycles. The normalized spacial score (nSPS) is 14.3. The quantitative estimate of drug-likeness (QED) is 0.119. The fourth-order valence-corrected chi connectivity index (χ4v) is 6.05. The summed E-state index contributed by atoms with van der Waals surface area (Å²) in [5, 5.41) is 6.72. The number of rotatable bonds is 7. The van der Waals surface area contributed by atoms with Gasteiger partial charge in [-0.3, -0.25) is 9.59 Å². The van der Waals surface area contributed by atoms with Gasteiger partial charge in [0, 0.05) is 14.9 Å². The number of fused-ring (bicyclic) bond motifs is 1. The Morgan fingerprint density at radius 2 is 1.93 bits per heavy atom. The molecule has 2 aromatic carbocycles. The fraction of sp³-hybridized carbons (Fsp3) is 0.276. The van der Waals surface area contributed by atoms with Crippen LogP contribution in [0.5, 0.6) is 5.75 Å². The van der Waals surface area contributed by atoms with Crippen molar-refractivity contribution in [1.29, 1.82) is 0 Å². The Kier molecular flexibility index (Phi) is 9.49. The Morgan fingerprint density at radius 3 is 2.67 bits per heavy atom. The highest BCUT2D eigenvalue weighted by Gasteiger charge is 2.30. The van der Waals surface area contributed by atoms with Crippen molar-refractivity contribution in [3.63, 3.8) is 0 Å². The zero-order valence-electron chi connectivity index (χ0n) is 22.2. The van der Waals surface area contributed by atoms with Crippen LogP contribution >= 0.6 is 27.3 Å². The second kappa shape index (κ2) is 13.0. The molecule has 3 aromatic rings. The van der Waals surface area contributed by atoms with Crippen molar-refractivity contribution in [2.24, 2.45) is 11.0 Å². The van der Waals surface area contributed by atoms with Crippen LogP contribution in [0.1, 0.15) is 62.6 Å². The van der Waals surface area contributed by atoms with E-state index in [0.717, 1.165) is 28.8 Å².